The van der Waals surface area contributed by atoms with Gasteiger partial charge in [-0.15, -0.1) is 0 Å². The molecule has 3 nitrogen and oxygen atoms in total. The van der Waals surface area contributed by atoms with Crippen molar-refractivity contribution in [2.45, 2.75) is 6.61 Å². The second kappa shape index (κ2) is 4.88. The Balaban J connectivity index is 2.27. The van der Waals surface area contributed by atoms with Crippen molar-refractivity contribution < 1.29 is 18.6 Å². The minimum atomic E-state index is -0.678. The number of aliphatic hydroxyl groups excluding tert-OH is 1. The number of ether oxygens (including phenoxy) is 1. The average molecular weight is 237 g/mol. The van der Waals surface area contributed by atoms with E-state index in [9.17, 15) is 8.78 Å². The van der Waals surface area contributed by atoms with Crippen molar-refractivity contribution in [3.8, 4) is 11.6 Å². The highest BCUT2D eigenvalue weighted by molar-refractivity contribution is 5.30. The summed E-state index contributed by atoms with van der Waals surface area (Å²) in [5, 5.41) is 8.91. The molecular formula is C12H9F2NO2. The van der Waals surface area contributed by atoms with Crippen LogP contribution in [0.2, 0.25) is 0 Å². The van der Waals surface area contributed by atoms with E-state index in [-0.39, 0.29) is 18.2 Å². The second-order valence-electron chi connectivity index (χ2n) is 3.34. The van der Waals surface area contributed by atoms with Gasteiger partial charge >= 0.3 is 0 Å². The van der Waals surface area contributed by atoms with Gasteiger partial charge in [0.1, 0.15) is 5.82 Å². The van der Waals surface area contributed by atoms with Gasteiger partial charge in [-0.3, -0.25) is 0 Å². The topological polar surface area (TPSA) is 42.4 Å². The van der Waals surface area contributed by atoms with E-state index in [1.807, 2.05) is 0 Å². The van der Waals surface area contributed by atoms with Crippen LogP contribution in [0.1, 0.15) is 5.56 Å². The van der Waals surface area contributed by atoms with Crippen molar-refractivity contribution in [2.75, 3.05) is 0 Å². The highest BCUT2D eigenvalue weighted by Crippen LogP contribution is 2.24. The van der Waals surface area contributed by atoms with Crippen molar-refractivity contribution >= 4 is 0 Å². The Morgan fingerprint density at radius 3 is 2.76 bits per heavy atom. The molecule has 5 heteroatoms. The summed E-state index contributed by atoms with van der Waals surface area (Å²) in [5.41, 5.74) is 0.576. The molecule has 0 spiro atoms. The molecule has 1 aromatic carbocycles. The van der Waals surface area contributed by atoms with Crippen LogP contribution in [-0.2, 0) is 6.61 Å². The summed E-state index contributed by atoms with van der Waals surface area (Å²) in [5.74, 6) is -1.42. The van der Waals surface area contributed by atoms with Crippen LogP contribution in [0, 0.1) is 11.6 Å². The average Bonchev–Trinajstić information content (AvgIpc) is 2.34. The summed E-state index contributed by atoms with van der Waals surface area (Å²) >= 11 is 0. The lowest BCUT2D eigenvalue weighted by Crippen LogP contribution is -1.93. The predicted molar refractivity (Wildman–Crippen MR) is 56.6 cm³/mol. The first-order chi connectivity index (χ1) is 8.19. The summed E-state index contributed by atoms with van der Waals surface area (Å²) in [6.07, 6.45) is 1.41. The Kier molecular flexibility index (Phi) is 3.30. The molecule has 0 aliphatic heterocycles. The number of hydrogen-bond donors (Lipinski definition) is 1. The van der Waals surface area contributed by atoms with Crippen LogP contribution in [-0.4, -0.2) is 10.1 Å². The summed E-state index contributed by atoms with van der Waals surface area (Å²) in [6.45, 7) is -0.176. The van der Waals surface area contributed by atoms with Gasteiger partial charge in [-0.1, -0.05) is 0 Å². The lowest BCUT2D eigenvalue weighted by atomic mass is 10.3. The van der Waals surface area contributed by atoms with Gasteiger partial charge in [0, 0.05) is 18.3 Å². The third-order valence-electron chi connectivity index (χ3n) is 2.09. The van der Waals surface area contributed by atoms with Gasteiger partial charge in [-0.25, -0.2) is 13.8 Å². The van der Waals surface area contributed by atoms with E-state index < -0.39 is 11.6 Å². The maximum absolute atomic E-state index is 13.3. The Labute approximate surface area is 96.3 Å². The SMILES string of the molecule is OCc1ccnc(Oc2cc(F)ccc2F)c1. The van der Waals surface area contributed by atoms with Crippen molar-refractivity contribution in [1.29, 1.82) is 0 Å². The number of aliphatic hydroxyl groups is 1. The van der Waals surface area contributed by atoms with Gasteiger partial charge in [0.2, 0.25) is 5.88 Å². The molecule has 1 N–H and O–H groups in total. The number of pyridine rings is 1. The van der Waals surface area contributed by atoms with Gasteiger partial charge in [-0.05, 0) is 23.8 Å². The molecule has 0 unspecified atom stereocenters. The number of aromatic nitrogens is 1. The molecular weight excluding hydrogens is 228 g/mol. The zero-order valence-corrected chi connectivity index (χ0v) is 8.73. The molecule has 2 aromatic rings. The maximum atomic E-state index is 13.3. The third-order valence-corrected chi connectivity index (χ3v) is 2.09. The van der Waals surface area contributed by atoms with E-state index in [1.165, 1.54) is 12.3 Å². The van der Waals surface area contributed by atoms with Crippen LogP contribution in [0.25, 0.3) is 0 Å². The molecule has 0 aliphatic rings. The largest absolute Gasteiger partial charge is 0.436 e. The van der Waals surface area contributed by atoms with Gasteiger partial charge in [0.25, 0.3) is 0 Å². The van der Waals surface area contributed by atoms with Crippen LogP contribution in [0.3, 0.4) is 0 Å². The Morgan fingerprint density at radius 1 is 1.18 bits per heavy atom. The third kappa shape index (κ3) is 2.76. The van der Waals surface area contributed by atoms with Crippen LogP contribution in [0.4, 0.5) is 8.78 Å². The first-order valence-corrected chi connectivity index (χ1v) is 4.88. The molecule has 0 saturated carbocycles. The number of benzene rings is 1. The monoisotopic (exact) mass is 237 g/mol. The number of halogens is 2. The lowest BCUT2D eigenvalue weighted by molar-refractivity contribution is 0.281. The van der Waals surface area contributed by atoms with Crippen LogP contribution in [0.5, 0.6) is 11.6 Å². The van der Waals surface area contributed by atoms with E-state index in [2.05, 4.69) is 4.98 Å². The van der Waals surface area contributed by atoms with Crippen molar-refractivity contribution in [3.05, 3.63) is 53.7 Å². The van der Waals surface area contributed by atoms with Crippen LogP contribution >= 0.6 is 0 Å². The molecule has 0 saturated heterocycles. The molecule has 0 aliphatic carbocycles. The Morgan fingerprint density at radius 2 is 2.00 bits per heavy atom. The van der Waals surface area contributed by atoms with Gasteiger partial charge in [-0.2, -0.15) is 0 Å². The summed E-state index contributed by atoms with van der Waals surface area (Å²) in [7, 11) is 0. The number of rotatable bonds is 3. The summed E-state index contributed by atoms with van der Waals surface area (Å²) in [6, 6.07) is 5.95. The zero-order valence-electron chi connectivity index (χ0n) is 8.73. The fraction of sp³-hybridized carbons (Fsp3) is 0.0833. The molecule has 0 fully saturated rings. The quantitative estimate of drug-likeness (QED) is 0.892. The van der Waals surface area contributed by atoms with Crippen molar-refractivity contribution in [1.82, 2.24) is 4.98 Å². The van der Waals surface area contributed by atoms with Crippen LogP contribution in [0.15, 0.2) is 36.5 Å². The first kappa shape index (κ1) is 11.5. The molecule has 17 heavy (non-hydrogen) atoms. The number of nitrogens with zero attached hydrogens (tertiary/aromatic N) is 1. The molecule has 2 rings (SSSR count). The standard InChI is InChI=1S/C12H9F2NO2/c13-9-1-2-10(14)11(6-9)17-12-5-8(7-16)3-4-15-12/h1-6,16H,7H2. The van der Waals surface area contributed by atoms with Crippen LogP contribution < -0.4 is 4.74 Å². The highest BCUT2D eigenvalue weighted by atomic mass is 19.1. The normalized spacial score (nSPS) is 10.3. The summed E-state index contributed by atoms with van der Waals surface area (Å²) < 4.78 is 31.3. The van der Waals surface area contributed by atoms with Gasteiger partial charge < -0.3 is 9.84 Å². The van der Waals surface area contributed by atoms with Crippen molar-refractivity contribution in [2.24, 2.45) is 0 Å². The predicted octanol–water partition coefficient (Wildman–Crippen LogP) is 2.64. The van der Waals surface area contributed by atoms with E-state index in [0.29, 0.717) is 5.56 Å². The molecule has 1 aromatic heterocycles. The zero-order chi connectivity index (χ0) is 12.3. The fourth-order valence-corrected chi connectivity index (χ4v) is 1.27. The molecule has 0 radical (unpaired) electrons. The summed E-state index contributed by atoms with van der Waals surface area (Å²) in [4.78, 5) is 3.83. The van der Waals surface area contributed by atoms with Crippen molar-refractivity contribution in [3.63, 3.8) is 0 Å². The van der Waals surface area contributed by atoms with E-state index in [0.717, 1.165) is 18.2 Å². The van der Waals surface area contributed by atoms with Gasteiger partial charge in [0.05, 0.1) is 6.61 Å². The molecule has 88 valence electrons. The highest BCUT2D eigenvalue weighted by Gasteiger charge is 2.07. The van der Waals surface area contributed by atoms with E-state index >= 15 is 0 Å². The van der Waals surface area contributed by atoms with Gasteiger partial charge in [0.15, 0.2) is 11.6 Å². The smallest absolute Gasteiger partial charge is 0.219 e. The first-order valence-electron chi connectivity index (χ1n) is 4.88. The molecule has 0 atom stereocenters. The minimum Gasteiger partial charge on any atom is -0.436 e. The Bertz CT molecular complexity index is 532. The van der Waals surface area contributed by atoms with E-state index in [4.69, 9.17) is 9.84 Å². The second-order valence-corrected chi connectivity index (χ2v) is 3.34. The Hall–Kier alpha value is -2.01. The van der Waals surface area contributed by atoms with E-state index in [1.54, 1.807) is 6.07 Å². The fourth-order valence-electron chi connectivity index (χ4n) is 1.27. The molecule has 0 bridgehead atoms. The number of hydrogen-bond acceptors (Lipinski definition) is 3. The lowest BCUT2D eigenvalue weighted by Gasteiger charge is -2.06. The molecule has 1 heterocycles. The molecule has 0 amide bonds. The maximum Gasteiger partial charge on any atom is 0.219 e. The minimum absolute atomic E-state index is 0.0982.